The number of benzene rings is 1. The van der Waals surface area contributed by atoms with Gasteiger partial charge in [-0.05, 0) is 81.7 Å². The molecule has 2 fully saturated rings. The number of nitrogens with one attached hydrogen (secondary N) is 1. The average Bonchev–Trinajstić information content (AvgIpc) is 2.60. The van der Waals surface area contributed by atoms with Crippen molar-refractivity contribution in [3.63, 3.8) is 0 Å². The van der Waals surface area contributed by atoms with Crippen LogP contribution in [0.4, 0.5) is 0 Å². The van der Waals surface area contributed by atoms with Crippen molar-refractivity contribution in [1.29, 1.82) is 0 Å². The van der Waals surface area contributed by atoms with Crippen LogP contribution in [0, 0.1) is 5.92 Å². The van der Waals surface area contributed by atoms with Gasteiger partial charge in [0.25, 0.3) is 0 Å². The maximum Gasteiger partial charge on any atom is 0.240 e. The highest BCUT2D eigenvalue weighted by atomic mass is 32.2. The second-order valence-corrected chi connectivity index (χ2v) is 9.83. The molecule has 1 N–H and O–H groups in total. The van der Waals surface area contributed by atoms with Crippen LogP contribution >= 0.6 is 0 Å². The Kier molecular flexibility index (Phi) is 5.26. The van der Waals surface area contributed by atoms with Gasteiger partial charge in [-0.3, -0.25) is 0 Å². The summed E-state index contributed by atoms with van der Waals surface area (Å²) < 4.78 is 34.3. The molecule has 1 aliphatic carbocycles. The third kappa shape index (κ3) is 3.78. The van der Waals surface area contributed by atoms with Crippen molar-refractivity contribution >= 4 is 10.0 Å². The van der Waals surface area contributed by atoms with Gasteiger partial charge in [0.05, 0.1) is 11.5 Å². The first kappa shape index (κ1) is 18.3. The molecule has 0 amide bonds. The van der Waals surface area contributed by atoms with Gasteiger partial charge >= 0.3 is 0 Å². The minimum atomic E-state index is -3.50. The molecule has 2 unspecified atom stereocenters. The van der Waals surface area contributed by atoms with Crippen molar-refractivity contribution in [2.45, 2.75) is 68.8 Å². The Morgan fingerprint density at radius 1 is 1.19 bits per heavy atom. The first-order valence-electron chi connectivity index (χ1n) is 10.0. The number of hydrogen-bond acceptors (Lipinski definition) is 4. The molecule has 1 aromatic carbocycles. The lowest BCUT2D eigenvalue weighted by atomic mass is 9.86. The van der Waals surface area contributed by atoms with Crippen molar-refractivity contribution in [2.24, 2.45) is 5.92 Å². The van der Waals surface area contributed by atoms with E-state index in [9.17, 15) is 8.42 Å². The molecule has 0 radical (unpaired) electrons. The second kappa shape index (κ2) is 7.49. The van der Waals surface area contributed by atoms with Gasteiger partial charge in [-0.25, -0.2) is 13.1 Å². The molecule has 1 aromatic rings. The van der Waals surface area contributed by atoms with Gasteiger partial charge in [0.1, 0.15) is 5.75 Å². The monoisotopic (exact) mass is 378 g/mol. The molecule has 2 aliphatic heterocycles. The number of rotatable bonds is 5. The Labute approximate surface area is 157 Å². The van der Waals surface area contributed by atoms with Crippen molar-refractivity contribution in [3.05, 3.63) is 23.8 Å². The second-order valence-electron chi connectivity index (χ2n) is 8.11. The quantitative estimate of drug-likeness (QED) is 0.856. The number of sulfonamides is 1. The molecular formula is C20H30N2O3S. The van der Waals surface area contributed by atoms with Gasteiger partial charge in [0, 0.05) is 18.6 Å². The minimum absolute atomic E-state index is 0.0461. The largest absolute Gasteiger partial charge is 0.493 e. The van der Waals surface area contributed by atoms with E-state index in [4.69, 9.17) is 4.74 Å². The zero-order valence-electron chi connectivity index (χ0n) is 15.6. The summed E-state index contributed by atoms with van der Waals surface area (Å²) in [6.45, 7) is 4.93. The summed E-state index contributed by atoms with van der Waals surface area (Å²) in [6.07, 6.45) is 8.06. The number of hydrogen-bond donors (Lipinski definition) is 1. The molecule has 4 rings (SSSR count). The van der Waals surface area contributed by atoms with E-state index in [1.54, 1.807) is 18.2 Å². The highest BCUT2D eigenvalue weighted by Gasteiger charge is 2.33. The van der Waals surface area contributed by atoms with E-state index < -0.39 is 10.0 Å². The van der Waals surface area contributed by atoms with Crippen LogP contribution in [-0.4, -0.2) is 45.1 Å². The van der Waals surface area contributed by atoms with Gasteiger partial charge in [0.2, 0.25) is 10.0 Å². The van der Waals surface area contributed by atoms with E-state index in [1.165, 1.54) is 32.2 Å². The maximum absolute atomic E-state index is 12.9. The van der Waals surface area contributed by atoms with Crippen LogP contribution in [0.25, 0.3) is 0 Å². The Bertz CT molecular complexity index is 745. The van der Waals surface area contributed by atoms with E-state index in [1.807, 2.05) is 6.92 Å². The molecule has 1 saturated heterocycles. The molecule has 26 heavy (non-hydrogen) atoms. The van der Waals surface area contributed by atoms with E-state index in [2.05, 4.69) is 9.62 Å². The number of likely N-dealkylation sites (tertiary alicyclic amines) is 1. The summed E-state index contributed by atoms with van der Waals surface area (Å²) >= 11 is 0. The predicted octanol–water partition coefficient (Wildman–Crippen LogP) is 2.94. The van der Waals surface area contributed by atoms with E-state index in [-0.39, 0.29) is 6.04 Å². The van der Waals surface area contributed by atoms with Crippen LogP contribution < -0.4 is 9.46 Å². The van der Waals surface area contributed by atoms with Crippen LogP contribution in [0.15, 0.2) is 23.1 Å². The summed E-state index contributed by atoms with van der Waals surface area (Å²) in [5.74, 6) is 1.21. The molecule has 0 spiro atoms. The lowest BCUT2D eigenvalue weighted by molar-refractivity contribution is 0.0693. The summed E-state index contributed by atoms with van der Waals surface area (Å²) in [6, 6.07) is 5.94. The summed E-state index contributed by atoms with van der Waals surface area (Å²) in [5, 5.41) is 0. The highest BCUT2D eigenvalue weighted by Crippen LogP contribution is 2.31. The van der Waals surface area contributed by atoms with Crippen LogP contribution in [-0.2, 0) is 16.4 Å². The fraction of sp³-hybridized carbons (Fsp3) is 0.700. The topological polar surface area (TPSA) is 58.6 Å². The maximum atomic E-state index is 12.9. The zero-order valence-corrected chi connectivity index (χ0v) is 16.4. The van der Waals surface area contributed by atoms with Crippen LogP contribution in [0.2, 0.25) is 0 Å². The lowest BCUT2D eigenvalue weighted by Gasteiger charge is -2.43. The number of nitrogens with zero attached hydrogens (tertiary/aromatic N) is 1. The van der Waals surface area contributed by atoms with Gasteiger partial charge in [-0.15, -0.1) is 0 Å². The van der Waals surface area contributed by atoms with Crippen molar-refractivity contribution in [1.82, 2.24) is 9.62 Å². The summed E-state index contributed by atoms with van der Waals surface area (Å²) in [4.78, 5) is 2.94. The van der Waals surface area contributed by atoms with Crippen LogP contribution in [0.5, 0.6) is 5.75 Å². The van der Waals surface area contributed by atoms with Gasteiger partial charge in [-0.2, -0.15) is 0 Å². The fourth-order valence-corrected chi connectivity index (χ4v) is 5.81. The first-order chi connectivity index (χ1) is 12.5. The summed E-state index contributed by atoms with van der Waals surface area (Å²) in [5.41, 5.74) is 1.00. The molecule has 3 aliphatic rings. The average molecular weight is 379 g/mol. The van der Waals surface area contributed by atoms with Gasteiger partial charge < -0.3 is 9.64 Å². The fourth-order valence-electron chi connectivity index (χ4n) is 4.44. The van der Waals surface area contributed by atoms with E-state index in [0.29, 0.717) is 17.4 Å². The molecule has 144 valence electrons. The van der Waals surface area contributed by atoms with Gasteiger partial charge in [0.15, 0.2) is 0 Å². The Hall–Kier alpha value is -1.11. The first-order valence-corrected chi connectivity index (χ1v) is 11.5. The molecule has 0 aromatic heterocycles. The normalized spacial score (nSPS) is 25.8. The van der Waals surface area contributed by atoms with Crippen molar-refractivity contribution in [3.8, 4) is 5.75 Å². The summed E-state index contributed by atoms with van der Waals surface area (Å²) in [7, 11) is -3.50. The Balaban J connectivity index is 1.43. The molecule has 2 atom stereocenters. The van der Waals surface area contributed by atoms with Crippen molar-refractivity contribution < 1.29 is 13.2 Å². The number of aryl methyl sites for hydroxylation is 1. The zero-order chi connectivity index (χ0) is 18.1. The van der Waals surface area contributed by atoms with Gasteiger partial charge in [-0.1, -0.05) is 6.42 Å². The lowest BCUT2D eigenvalue weighted by Crippen LogP contribution is -2.50. The molecule has 1 saturated carbocycles. The molecule has 2 heterocycles. The third-order valence-corrected chi connectivity index (χ3v) is 7.88. The molecular weight excluding hydrogens is 348 g/mol. The molecule has 0 bridgehead atoms. The smallest absolute Gasteiger partial charge is 0.240 e. The number of fused-ring (bicyclic) bond motifs is 1. The highest BCUT2D eigenvalue weighted by molar-refractivity contribution is 7.89. The van der Waals surface area contributed by atoms with Crippen molar-refractivity contribution in [2.75, 3.05) is 19.7 Å². The SMILES string of the molecule is CC(NS(=O)(=O)c1ccc2c(c1)CCCO2)C1CCCN(C2CCC2)C1. The minimum Gasteiger partial charge on any atom is -0.493 e. The Morgan fingerprint density at radius 2 is 2.04 bits per heavy atom. The number of ether oxygens (including phenoxy) is 1. The molecule has 5 nitrogen and oxygen atoms in total. The van der Waals surface area contributed by atoms with E-state index >= 15 is 0 Å². The van der Waals surface area contributed by atoms with Crippen LogP contribution in [0.1, 0.15) is 51.0 Å². The van der Waals surface area contributed by atoms with Crippen LogP contribution in [0.3, 0.4) is 0 Å². The number of piperidine rings is 1. The third-order valence-electron chi connectivity index (χ3n) is 6.32. The van der Waals surface area contributed by atoms with E-state index in [0.717, 1.165) is 43.2 Å². The Morgan fingerprint density at radius 3 is 2.81 bits per heavy atom. The standard InChI is InChI=1S/C20H30N2O3S/c1-15(17-5-3-11-22(14-17)18-7-2-8-18)21-26(23,24)19-9-10-20-16(13-19)6-4-12-25-20/h9-10,13,15,17-18,21H,2-8,11-12,14H2,1H3. The predicted molar refractivity (Wildman–Crippen MR) is 102 cm³/mol. The molecule has 6 heteroatoms.